The van der Waals surface area contributed by atoms with Gasteiger partial charge in [0.1, 0.15) is 18.3 Å². The SMILES string of the molecule is CC(=O)CNCCOCC(O)NCC=O. The first-order valence-electron chi connectivity index (χ1n) is 4.79. The quantitative estimate of drug-likeness (QED) is 0.230. The predicted molar refractivity (Wildman–Crippen MR) is 54.4 cm³/mol. The molecule has 6 nitrogen and oxygen atoms in total. The van der Waals surface area contributed by atoms with E-state index in [1.807, 2.05) is 0 Å². The van der Waals surface area contributed by atoms with Gasteiger partial charge < -0.3 is 20.0 Å². The smallest absolute Gasteiger partial charge is 0.143 e. The Morgan fingerprint density at radius 2 is 2.33 bits per heavy atom. The summed E-state index contributed by atoms with van der Waals surface area (Å²) in [6, 6.07) is 0. The first kappa shape index (κ1) is 14.2. The molecule has 0 radical (unpaired) electrons. The van der Waals surface area contributed by atoms with Crippen LogP contribution in [0.15, 0.2) is 0 Å². The van der Waals surface area contributed by atoms with Crippen molar-refractivity contribution in [3.05, 3.63) is 0 Å². The minimum Gasteiger partial charge on any atom is -0.376 e. The molecule has 88 valence electrons. The fourth-order valence-corrected chi connectivity index (χ4v) is 0.847. The molecule has 6 heteroatoms. The molecule has 0 spiro atoms. The topological polar surface area (TPSA) is 87.7 Å². The van der Waals surface area contributed by atoms with Gasteiger partial charge in [-0.05, 0) is 6.92 Å². The number of aliphatic hydroxyl groups excluding tert-OH is 1. The zero-order chi connectivity index (χ0) is 11.5. The Labute approximate surface area is 89.0 Å². The molecular formula is C9H18N2O4. The van der Waals surface area contributed by atoms with Crippen LogP contribution in [-0.4, -0.2) is 56.3 Å². The van der Waals surface area contributed by atoms with Gasteiger partial charge in [-0.15, -0.1) is 0 Å². The maximum atomic E-state index is 10.5. The summed E-state index contributed by atoms with van der Waals surface area (Å²) < 4.78 is 5.07. The molecule has 0 fully saturated rings. The van der Waals surface area contributed by atoms with Crippen LogP contribution in [0.25, 0.3) is 0 Å². The van der Waals surface area contributed by atoms with Crippen LogP contribution in [0.1, 0.15) is 6.92 Å². The number of ether oxygens (including phenoxy) is 1. The molecular weight excluding hydrogens is 200 g/mol. The van der Waals surface area contributed by atoms with E-state index in [0.29, 0.717) is 26.0 Å². The molecule has 0 saturated carbocycles. The normalized spacial score (nSPS) is 12.4. The predicted octanol–water partition coefficient (Wildman–Crippen LogP) is -1.71. The number of ketones is 1. The number of hydrogen-bond acceptors (Lipinski definition) is 6. The largest absolute Gasteiger partial charge is 0.376 e. The molecule has 0 aromatic heterocycles. The number of carbonyl (C=O) groups excluding carboxylic acids is 2. The van der Waals surface area contributed by atoms with Crippen LogP contribution in [0.2, 0.25) is 0 Å². The van der Waals surface area contributed by atoms with Gasteiger partial charge in [-0.2, -0.15) is 0 Å². The summed E-state index contributed by atoms with van der Waals surface area (Å²) in [5.41, 5.74) is 0. The number of aldehydes is 1. The van der Waals surface area contributed by atoms with Crippen LogP contribution in [0.5, 0.6) is 0 Å². The Morgan fingerprint density at radius 3 is 2.93 bits per heavy atom. The number of hydrogen-bond donors (Lipinski definition) is 3. The first-order valence-corrected chi connectivity index (χ1v) is 4.79. The average Bonchev–Trinajstić information content (AvgIpc) is 2.19. The highest BCUT2D eigenvalue weighted by molar-refractivity contribution is 5.77. The molecule has 0 aliphatic carbocycles. The van der Waals surface area contributed by atoms with Crippen molar-refractivity contribution in [1.82, 2.24) is 10.6 Å². The lowest BCUT2D eigenvalue weighted by atomic mass is 10.4. The standard InChI is InChI=1S/C9H18N2O4/c1-8(13)6-10-3-5-15-7-9(14)11-2-4-12/h4,9-11,14H,2-3,5-7H2,1H3. The molecule has 0 aliphatic rings. The maximum absolute atomic E-state index is 10.5. The Hall–Kier alpha value is -0.820. The van der Waals surface area contributed by atoms with Crippen molar-refractivity contribution in [2.24, 2.45) is 0 Å². The van der Waals surface area contributed by atoms with Crippen molar-refractivity contribution in [3.63, 3.8) is 0 Å². The van der Waals surface area contributed by atoms with Gasteiger partial charge in [0.15, 0.2) is 0 Å². The lowest BCUT2D eigenvalue weighted by Gasteiger charge is -2.11. The van der Waals surface area contributed by atoms with Crippen LogP contribution in [0.3, 0.4) is 0 Å². The van der Waals surface area contributed by atoms with Crippen LogP contribution >= 0.6 is 0 Å². The van der Waals surface area contributed by atoms with Gasteiger partial charge in [-0.1, -0.05) is 0 Å². The molecule has 0 bridgehead atoms. The van der Waals surface area contributed by atoms with Crippen molar-refractivity contribution >= 4 is 12.1 Å². The second kappa shape index (κ2) is 9.72. The van der Waals surface area contributed by atoms with Gasteiger partial charge in [0.25, 0.3) is 0 Å². The van der Waals surface area contributed by atoms with Gasteiger partial charge >= 0.3 is 0 Å². The molecule has 0 saturated heterocycles. The highest BCUT2D eigenvalue weighted by Crippen LogP contribution is 1.79. The minimum atomic E-state index is -0.831. The molecule has 0 rings (SSSR count). The van der Waals surface area contributed by atoms with Crippen LogP contribution < -0.4 is 10.6 Å². The summed E-state index contributed by atoms with van der Waals surface area (Å²) in [5.74, 6) is 0.0719. The highest BCUT2D eigenvalue weighted by atomic mass is 16.5. The maximum Gasteiger partial charge on any atom is 0.143 e. The zero-order valence-electron chi connectivity index (χ0n) is 8.86. The second-order valence-corrected chi connectivity index (χ2v) is 3.04. The molecule has 1 unspecified atom stereocenters. The van der Waals surface area contributed by atoms with Gasteiger partial charge in [-0.25, -0.2) is 0 Å². The summed E-state index contributed by atoms with van der Waals surface area (Å²) in [6.07, 6.45) is -0.166. The second-order valence-electron chi connectivity index (χ2n) is 3.04. The number of rotatable bonds is 10. The Kier molecular flexibility index (Phi) is 9.19. The Balaban J connectivity index is 3.15. The van der Waals surface area contributed by atoms with Gasteiger partial charge in [-0.3, -0.25) is 10.1 Å². The summed E-state index contributed by atoms with van der Waals surface area (Å²) in [4.78, 5) is 20.4. The minimum absolute atomic E-state index is 0.0719. The third-order valence-corrected chi connectivity index (χ3v) is 1.51. The number of Topliss-reactive ketones (excluding diaryl/α,β-unsaturated/α-hetero) is 1. The van der Waals surface area contributed by atoms with E-state index < -0.39 is 6.23 Å². The fourth-order valence-electron chi connectivity index (χ4n) is 0.847. The van der Waals surface area contributed by atoms with E-state index in [4.69, 9.17) is 9.84 Å². The van der Waals surface area contributed by atoms with Gasteiger partial charge in [0.05, 0.1) is 26.3 Å². The molecule has 3 N–H and O–H groups in total. The van der Waals surface area contributed by atoms with Gasteiger partial charge in [0.2, 0.25) is 0 Å². The summed E-state index contributed by atoms with van der Waals surface area (Å²) in [7, 11) is 0. The Bertz CT molecular complexity index is 187. The third-order valence-electron chi connectivity index (χ3n) is 1.51. The number of aliphatic hydroxyl groups is 1. The van der Waals surface area contributed by atoms with Crippen molar-refractivity contribution in [1.29, 1.82) is 0 Å². The summed E-state index contributed by atoms with van der Waals surface area (Å²) in [6.45, 7) is 3.02. The molecule has 0 aromatic carbocycles. The van der Waals surface area contributed by atoms with Crippen molar-refractivity contribution in [3.8, 4) is 0 Å². The fraction of sp³-hybridized carbons (Fsp3) is 0.778. The summed E-state index contributed by atoms with van der Waals surface area (Å²) >= 11 is 0. The van der Waals surface area contributed by atoms with Crippen LogP contribution in [-0.2, 0) is 14.3 Å². The van der Waals surface area contributed by atoms with E-state index in [-0.39, 0.29) is 18.9 Å². The lowest BCUT2D eigenvalue weighted by molar-refractivity contribution is -0.116. The number of nitrogens with one attached hydrogen (secondary N) is 2. The third kappa shape index (κ3) is 11.1. The van der Waals surface area contributed by atoms with Crippen LogP contribution in [0, 0.1) is 0 Å². The molecule has 0 aromatic rings. The van der Waals surface area contributed by atoms with E-state index in [2.05, 4.69) is 10.6 Å². The summed E-state index contributed by atoms with van der Waals surface area (Å²) in [5, 5.41) is 14.6. The van der Waals surface area contributed by atoms with E-state index in [9.17, 15) is 9.59 Å². The Morgan fingerprint density at radius 1 is 1.60 bits per heavy atom. The first-order chi connectivity index (χ1) is 7.16. The van der Waals surface area contributed by atoms with Crippen LogP contribution in [0.4, 0.5) is 0 Å². The highest BCUT2D eigenvalue weighted by Gasteiger charge is 2.01. The molecule has 1 atom stereocenters. The lowest BCUT2D eigenvalue weighted by Crippen LogP contribution is -2.35. The molecule has 15 heavy (non-hydrogen) atoms. The molecule has 0 aliphatic heterocycles. The van der Waals surface area contributed by atoms with Gasteiger partial charge in [0, 0.05) is 6.54 Å². The zero-order valence-corrected chi connectivity index (χ0v) is 8.86. The van der Waals surface area contributed by atoms with E-state index in [1.54, 1.807) is 0 Å². The van der Waals surface area contributed by atoms with E-state index >= 15 is 0 Å². The number of carbonyl (C=O) groups is 2. The van der Waals surface area contributed by atoms with E-state index in [0.717, 1.165) is 0 Å². The van der Waals surface area contributed by atoms with Crippen molar-refractivity contribution in [2.75, 3.05) is 32.8 Å². The van der Waals surface area contributed by atoms with E-state index in [1.165, 1.54) is 6.92 Å². The molecule has 0 amide bonds. The molecule has 0 heterocycles. The van der Waals surface area contributed by atoms with Crippen molar-refractivity contribution < 1.29 is 19.4 Å². The monoisotopic (exact) mass is 218 g/mol. The van der Waals surface area contributed by atoms with Crippen molar-refractivity contribution in [2.45, 2.75) is 13.2 Å². The average molecular weight is 218 g/mol.